The standard InChI is InChI=1S/C27H35N3O2/c1-4-17-15-32-23-7-5-6-19(14-21(17)23)27(10-11-27)25(31)29-20-8-9-22-18(12-20)13-24(30-22)26(2,3)16-28/h5-6,8-9,12,14,17,24,30H,4,7,10-11,13,15-16,28H2,1-3H3,(H,29,31). The first-order valence-electron chi connectivity index (χ1n) is 12.0. The summed E-state index contributed by atoms with van der Waals surface area (Å²) in [4.78, 5) is 13.5. The summed E-state index contributed by atoms with van der Waals surface area (Å²) in [6, 6.07) is 6.53. The number of carbonyl (C=O) groups is 1. The average Bonchev–Trinajstić information content (AvgIpc) is 3.41. The second-order valence-corrected chi connectivity index (χ2v) is 10.5. The minimum absolute atomic E-state index is 0.0205. The van der Waals surface area contributed by atoms with E-state index in [4.69, 9.17) is 10.5 Å². The molecule has 2 atom stereocenters. The first-order chi connectivity index (χ1) is 15.4. The molecule has 2 heterocycles. The van der Waals surface area contributed by atoms with Gasteiger partial charge in [0.2, 0.25) is 5.91 Å². The Hall–Kier alpha value is -2.53. The Morgan fingerprint density at radius 1 is 1.34 bits per heavy atom. The predicted octanol–water partition coefficient (Wildman–Crippen LogP) is 4.92. The Balaban J connectivity index is 1.34. The molecule has 170 valence electrons. The Labute approximate surface area is 191 Å². The fraction of sp³-hybridized carbons (Fsp3) is 0.519. The third-order valence-corrected chi connectivity index (χ3v) is 7.95. The highest BCUT2D eigenvalue weighted by Crippen LogP contribution is 2.54. The third-order valence-electron chi connectivity index (χ3n) is 7.95. The molecule has 4 aliphatic rings. The topological polar surface area (TPSA) is 76.4 Å². The fourth-order valence-electron chi connectivity index (χ4n) is 5.20. The van der Waals surface area contributed by atoms with Crippen molar-refractivity contribution in [2.75, 3.05) is 23.8 Å². The van der Waals surface area contributed by atoms with Crippen molar-refractivity contribution >= 4 is 17.3 Å². The normalized spacial score (nSPS) is 25.3. The second kappa shape index (κ2) is 7.80. The van der Waals surface area contributed by atoms with Gasteiger partial charge in [0, 0.05) is 29.8 Å². The molecule has 2 aliphatic heterocycles. The van der Waals surface area contributed by atoms with E-state index in [0.717, 1.165) is 61.4 Å². The molecule has 1 saturated carbocycles. The lowest BCUT2D eigenvalue weighted by molar-refractivity contribution is -0.119. The molecular weight excluding hydrogens is 398 g/mol. The van der Waals surface area contributed by atoms with Crippen molar-refractivity contribution in [2.24, 2.45) is 22.5 Å². The number of fused-ring (bicyclic) bond motifs is 1. The third kappa shape index (κ3) is 3.57. The highest BCUT2D eigenvalue weighted by atomic mass is 16.5. The van der Waals surface area contributed by atoms with E-state index in [-0.39, 0.29) is 11.3 Å². The van der Waals surface area contributed by atoms with Crippen LogP contribution in [-0.4, -0.2) is 25.1 Å². The number of anilines is 2. The van der Waals surface area contributed by atoms with Crippen molar-refractivity contribution in [3.05, 3.63) is 58.9 Å². The first-order valence-corrected chi connectivity index (χ1v) is 12.0. The number of hydrogen-bond acceptors (Lipinski definition) is 4. The van der Waals surface area contributed by atoms with Crippen LogP contribution in [-0.2, 0) is 16.0 Å². The van der Waals surface area contributed by atoms with Gasteiger partial charge in [0.25, 0.3) is 0 Å². The summed E-state index contributed by atoms with van der Waals surface area (Å²) in [6.45, 7) is 8.00. The van der Waals surface area contributed by atoms with Gasteiger partial charge in [-0.3, -0.25) is 4.79 Å². The van der Waals surface area contributed by atoms with E-state index in [2.05, 4.69) is 61.8 Å². The smallest absolute Gasteiger partial charge is 0.235 e. The monoisotopic (exact) mass is 433 g/mol. The Morgan fingerprint density at radius 3 is 2.88 bits per heavy atom. The first kappa shape index (κ1) is 21.3. The van der Waals surface area contributed by atoms with Crippen LogP contribution in [0.3, 0.4) is 0 Å². The van der Waals surface area contributed by atoms with E-state index in [1.165, 1.54) is 11.1 Å². The maximum atomic E-state index is 13.5. The zero-order valence-corrected chi connectivity index (χ0v) is 19.5. The zero-order valence-electron chi connectivity index (χ0n) is 19.5. The number of allylic oxidation sites excluding steroid dienone is 3. The van der Waals surface area contributed by atoms with E-state index in [9.17, 15) is 4.79 Å². The van der Waals surface area contributed by atoms with Gasteiger partial charge >= 0.3 is 0 Å². The average molecular weight is 434 g/mol. The highest BCUT2D eigenvalue weighted by Gasteiger charge is 2.52. The Kier molecular flexibility index (Phi) is 5.20. The van der Waals surface area contributed by atoms with Crippen molar-refractivity contribution < 1.29 is 9.53 Å². The Bertz CT molecular complexity index is 1030. The number of nitrogens with two attached hydrogens (primary N) is 1. The molecule has 0 saturated heterocycles. The number of hydrogen-bond donors (Lipinski definition) is 3. The predicted molar refractivity (Wildman–Crippen MR) is 129 cm³/mol. The number of benzene rings is 1. The quantitative estimate of drug-likeness (QED) is 0.595. The van der Waals surface area contributed by atoms with E-state index < -0.39 is 5.41 Å². The van der Waals surface area contributed by atoms with Crippen LogP contribution in [0.2, 0.25) is 0 Å². The molecule has 0 radical (unpaired) electrons. The molecule has 0 aromatic heterocycles. The van der Waals surface area contributed by atoms with Crippen LogP contribution in [0.15, 0.2) is 53.3 Å². The molecular formula is C27H35N3O2. The fourth-order valence-corrected chi connectivity index (χ4v) is 5.20. The molecule has 32 heavy (non-hydrogen) atoms. The maximum absolute atomic E-state index is 13.5. The van der Waals surface area contributed by atoms with Gasteiger partial charge in [0.05, 0.1) is 12.0 Å². The summed E-state index contributed by atoms with van der Waals surface area (Å²) in [5.74, 6) is 1.63. The molecule has 0 bridgehead atoms. The van der Waals surface area contributed by atoms with Crippen molar-refractivity contribution in [1.82, 2.24) is 0 Å². The minimum Gasteiger partial charge on any atom is -0.497 e. The van der Waals surface area contributed by atoms with Gasteiger partial charge in [-0.2, -0.15) is 0 Å². The van der Waals surface area contributed by atoms with Crippen LogP contribution in [0.5, 0.6) is 0 Å². The van der Waals surface area contributed by atoms with Crippen LogP contribution in [0.25, 0.3) is 0 Å². The van der Waals surface area contributed by atoms with Crippen LogP contribution < -0.4 is 16.4 Å². The number of ether oxygens (including phenoxy) is 1. The van der Waals surface area contributed by atoms with Gasteiger partial charge in [-0.25, -0.2) is 0 Å². The molecule has 2 unspecified atom stereocenters. The van der Waals surface area contributed by atoms with Gasteiger partial charge in [0.1, 0.15) is 5.76 Å². The highest BCUT2D eigenvalue weighted by molar-refractivity contribution is 6.00. The van der Waals surface area contributed by atoms with Crippen molar-refractivity contribution in [3.8, 4) is 0 Å². The van der Waals surface area contributed by atoms with Gasteiger partial charge in [-0.15, -0.1) is 0 Å². The molecule has 0 spiro atoms. The van der Waals surface area contributed by atoms with E-state index in [1.807, 2.05) is 6.07 Å². The maximum Gasteiger partial charge on any atom is 0.235 e. The lowest BCUT2D eigenvalue weighted by atomic mass is 9.83. The van der Waals surface area contributed by atoms with Crippen molar-refractivity contribution in [2.45, 2.75) is 58.9 Å². The molecule has 4 N–H and O–H groups in total. The lowest BCUT2D eigenvalue weighted by Crippen LogP contribution is -2.40. The molecule has 5 rings (SSSR count). The molecule has 2 aliphatic carbocycles. The molecule has 1 aromatic carbocycles. The second-order valence-electron chi connectivity index (χ2n) is 10.5. The Morgan fingerprint density at radius 2 is 2.16 bits per heavy atom. The van der Waals surface area contributed by atoms with Crippen molar-refractivity contribution in [1.29, 1.82) is 0 Å². The SMILES string of the molecule is CCC1COC2=C1C=C(C1(C(=O)Nc3ccc4c(c3)CC(C(C)(C)CN)N4)CC1)C=CC2. The minimum atomic E-state index is -0.416. The molecule has 5 nitrogen and oxygen atoms in total. The van der Waals surface area contributed by atoms with Gasteiger partial charge in [-0.1, -0.05) is 39.0 Å². The van der Waals surface area contributed by atoms with E-state index in [0.29, 0.717) is 18.5 Å². The van der Waals surface area contributed by atoms with Crippen LogP contribution in [0.4, 0.5) is 11.4 Å². The number of nitrogens with one attached hydrogen (secondary N) is 2. The summed E-state index contributed by atoms with van der Waals surface area (Å²) in [5.41, 5.74) is 11.3. The van der Waals surface area contributed by atoms with Crippen LogP contribution in [0, 0.1) is 16.7 Å². The zero-order chi connectivity index (χ0) is 22.5. The van der Waals surface area contributed by atoms with Gasteiger partial charge in [0.15, 0.2) is 0 Å². The van der Waals surface area contributed by atoms with E-state index in [1.54, 1.807) is 0 Å². The molecule has 1 fully saturated rings. The summed E-state index contributed by atoms with van der Waals surface area (Å²) < 4.78 is 5.93. The summed E-state index contributed by atoms with van der Waals surface area (Å²) in [6.07, 6.45) is 11.2. The molecule has 1 aromatic rings. The summed E-state index contributed by atoms with van der Waals surface area (Å²) in [7, 11) is 0. The van der Waals surface area contributed by atoms with Crippen molar-refractivity contribution in [3.63, 3.8) is 0 Å². The largest absolute Gasteiger partial charge is 0.497 e. The van der Waals surface area contributed by atoms with Gasteiger partial charge < -0.3 is 21.1 Å². The van der Waals surface area contributed by atoms with E-state index >= 15 is 0 Å². The molecule has 5 heteroatoms. The molecule has 1 amide bonds. The summed E-state index contributed by atoms with van der Waals surface area (Å²) >= 11 is 0. The number of amides is 1. The van der Waals surface area contributed by atoms with Gasteiger partial charge in [-0.05, 0) is 72.6 Å². The number of rotatable bonds is 6. The number of carbonyl (C=O) groups excluding carboxylic acids is 1. The van der Waals surface area contributed by atoms with Crippen LogP contribution >= 0.6 is 0 Å². The summed E-state index contributed by atoms with van der Waals surface area (Å²) in [5, 5.41) is 6.84. The van der Waals surface area contributed by atoms with Crippen LogP contribution in [0.1, 0.15) is 52.0 Å². The lowest BCUT2D eigenvalue weighted by Gasteiger charge is -2.30.